The number of hydrogen-bond donors (Lipinski definition) is 0. The molecule has 2 fully saturated rings. The monoisotopic (exact) mass is 509 g/mol. The van der Waals surface area contributed by atoms with Gasteiger partial charge in [-0.05, 0) is 81.4 Å². The van der Waals surface area contributed by atoms with Crippen LogP contribution in [0.15, 0.2) is 53.7 Å². The highest BCUT2D eigenvalue weighted by molar-refractivity contribution is 7.99. The maximum absolute atomic E-state index is 14.1. The molecule has 192 valence electrons. The quantitative estimate of drug-likeness (QED) is 0.295. The van der Waals surface area contributed by atoms with Crippen LogP contribution in [0, 0.1) is 11.2 Å². The summed E-state index contributed by atoms with van der Waals surface area (Å²) in [5.74, 6) is 2.27. The van der Waals surface area contributed by atoms with Crippen LogP contribution >= 0.6 is 11.8 Å². The zero-order chi connectivity index (χ0) is 25.0. The van der Waals surface area contributed by atoms with Gasteiger partial charge < -0.3 is 19.1 Å². The number of aromatic nitrogens is 3. The van der Waals surface area contributed by atoms with Crippen LogP contribution in [0.3, 0.4) is 0 Å². The summed E-state index contributed by atoms with van der Waals surface area (Å²) in [6, 6.07) is 15.1. The van der Waals surface area contributed by atoms with Crippen molar-refractivity contribution in [1.29, 1.82) is 0 Å². The fourth-order valence-electron chi connectivity index (χ4n) is 5.63. The van der Waals surface area contributed by atoms with E-state index in [4.69, 9.17) is 4.74 Å². The predicted molar refractivity (Wildman–Crippen MR) is 144 cm³/mol. The van der Waals surface area contributed by atoms with Gasteiger partial charge in [-0.15, -0.1) is 10.2 Å². The molecule has 0 atom stereocenters. The fraction of sp³-hybridized carbons (Fsp3) is 0.500. The third kappa shape index (κ3) is 5.39. The summed E-state index contributed by atoms with van der Waals surface area (Å²) >= 11 is 1.70. The molecule has 0 saturated carbocycles. The van der Waals surface area contributed by atoms with Gasteiger partial charge in [-0.2, -0.15) is 0 Å². The minimum absolute atomic E-state index is 0.266. The number of rotatable bonds is 8. The van der Waals surface area contributed by atoms with Crippen LogP contribution in [0.4, 0.5) is 10.1 Å². The largest absolute Gasteiger partial charge is 0.495 e. The standard InChI is InChI=1S/C28H36FN5OS/c1-32-26(22-8-3-4-9-23(22)29)30-31-27(32)36-21-7-16-33-17-12-28(13-18-33)14-19-34(20-15-28)24-10-5-6-11-25(24)35-2/h3-6,8-11H,7,12-21H2,1-2H3. The molecule has 2 saturated heterocycles. The molecule has 1 spiro atoms. The Morgan fingerprint density at radius 2 is 1.64 bits per heavy atom. The maximum Gasteiger partial charge on any atom is 0.191 e. The van der Waals surface area contributed by atoms with Gasteiger partial charge in [0, 0.05) is 25.9 Å². The summed E-state index contributed by atoms with van der Waals surface area (Å²) in [7, 11) is 3.67. The summed E-state index contributed by atoms with van der Waals surface area (Å²) < 4.78 is 21.6. The Labute approximate surface area is 217 Å². The second-order valence-corrected chi connectivity index (χ2v) is 11.1. The first-order chi connectivity index (χ1) is 17.6. The lowest BCUT2D eigenvalue weighted by molar-refractivity contribution is 0.0801. The van der Waals surface area contributed by atoms with E-state index in [1.807, 2.05) is 23.7 Å². The van der Waals surface area contributed by atoms with Crippen LogP contribution in [0.25, 0.3) is 11.4 Å². The molecule has 2 aliphatic heterocycles. The van der Waals surface area contributed by atoms with E-state index in [0.29, 0.717) is 16.8 Å². The summed E-state index contributed by atoms with van der Waals surface area (Å²) in [4.78, 5) is 5.12. The number of hydrogen-bond acceptors (Lipinski definition) is 6. The van der Waals surface area contributed by atoms with Gasteiger partial charge in [0.05, 0.1) is 18.4 Å². The molecule has 36 heavy (non-hydrogen) atoms. The molecule has 5 rings (SSSR count). The minimum atomic E-state index is -0.266. The third-order valence-corrected chi connectivity index (χ3v) is 9.07. The molecule has 0 bridgehead atoms. The summed E-state index contributed by atoms with van der Waals surface area (Å²) in [6.45, 7) is 5.74. The zero-order valence-electron chi connectivity index (χ0n) is 21.3. The topological polar surface area (TPSA) is 46.4 Å². The van der Waals surface area contributed by atoms with E-state index in [9.17, 15) is 4.39 Å². The number of piperidine rings is 2. The van der Waals surface area contributed by atoms with Crippen molar-refractivity contribution in [1.82, 2.24) is 19.7 Å². The third-order valence-electron chi connectivity index (χ3n) is 7.97. The van der Waals surface area contributed by atoms with Crippen LogP contribution in [0.5, 0.6) is 5.75 Å². The molecule has 0 radical (unpaired) electrons. The minimum Gasteiger partial charge on any atom is -0.495 e. The highest BCUT2D eigenvalue weighted by atomic mass is 32.2. The molecule has 0 amide bonds. The Morgan fingerprint density at radius 3 is 2.39 bits per heavy atom. The van der Waals surface area contributed by atoms with Gasteiger partial charge in [0.2, 0.25) is 0 Å². The van der Waals surface area contributed by atoms with Crippen molar-refractivity contribution in [2.75, 3.05) is 50.5 Å². The van der Waals surface area contributed by atoms with Crippen LogP contribution in [0.2, 0.25) is 0 Å². The van der Waals surface area contributed by atoms with Gasteiger partial charge in [-0.25, -0.2) is 4.39 Å². The molecule has 2 aromatic carbocycles. The molecule has 3 aromatic rings. The van der Waals surface area contributed by atoms with Crippen molar-refractivity contribution in [2.24, 2.45) is 12.5 Å². The van der Waals surface area contributed by atoms with Crippen LogP contribution in [0.1, 0.15) is 32.1 Å². The van der Waals surface area contributed by atoms with E-state index < -0.39 is 0 Å². The Balaban J connectivity index is 1.05. The lowest BCUT2D eigenvalue weighted by atomic mass is 9.71. The average Bonchev–Trinajstić information content (AvgIpc) is 3.28. The fourth-order valence-corrected chi connectivity index (χ4v) is 6.47. The van der Waals surface area contributed by atoms with Crippen molar-refractivity contribution in [3.8, 4) is 17.1 Å². The molecule has 2 aliphatic rings. The smallest absolute Gasteiger partial charge is 0.191 e. The number of halogens is 1. The summed E-state index contributed by atoms with van der Waals surface area (Å²) in [6.07, 6.45) is 6.25. The molecule has 6 nitrogen and oxygen atoms in total. The van der Waals surface area contributed by atoms with Crippen LogP contribution in [-0.4, -0.2) is 65.3 Å². The Kier molecular flexibility index (Phi) is 7.82. The van der Waals surface area contributed by atoms with Crippen molar-refractivity contribution in [3.63, 3.8) is 0 Å². The van der Waals surface area contributed by atoms with E-state index in [0.717, 1.165) is 42.7 Å². The lowest BCUT2D eigenvalue weighted by Gasteiger charge is -2.47. The van der Waals surface area contributed by atoms with E-state index in [-0.39, 0.29) is 5.82 Å². The van der Waals surface area contributed by atoms with Gasteiger partial charge >= 0.3 is 0 Å². The molecule has 0 unspecified atom stereocenters. The lowest BCUT2D eigenvalue weighted by Crippen LogP contribution is -2.47. The first-order valence-corrected chi connectivity index (χ1v) is 13.9. The molecule has 3 heterocycles. The number of nitrogens with zero attached hydrogens (tertiary/aromatic N) is 5. The van der Waals surface area contributed by atoms with Crippen molar-refractivity contribution >= 4 is 17.4 Å². The van der Waals surface area contributed by atoms with Crippen molar-refractivity contribution in [3.05, 3.63) is 54.3 Å². The van der Waals surface area contributed by atoms with Gasteiger partial charge in [-0.1, -0.05) is 36.0 Å². The van der Waals surface area contributed by atoms with E-state index in [1.165, 1.54) is 50.5 Å². The van der Waals surface area contributed by atoms with E-state index >= 15 is 0 Å². The SMILES string of the molecule is COc1ccccc1N1CCC2(CCN(CCCSc3nnc(-c4ccccc4F)n3C)CC2)CC1. The van der Waals surface area contributed by atoms with Gasteiger partial charge in [-0.3, -0.25) is 0 Å². The van der Waals surface area contributed by atoms with E-state index in [2.05, 4.69) is 38.2 Å². The van der Waals surface area contributed by atoms with Gasteiger partial charge in [0.25, 0.3) is 0 Å². The number of thioether (sulfide) groups is 1. The Hall–Kier alpha value is -2.58. The second-order valence-electron chi connectivity index (χ2n) is 10.0. The predicted octanol–water partition coefficient (Wildman–Crippen LogP) is 5.49. The molecule has 8 heteroatoms. The number of anilines is 1. The number of likely N-dealkylation sites (tertiary alicyclic amines) is 1. The molecule has 0 aliphatic carbocycles. The molecular weight excluding hydrogens is 473 g/mol. The highest BCUT2D eigenvalue weighted by Crippen LogP contribution is 2.43. The second kappa shape index (κ2) is 11.2. The van der Waals surface area contributed by atoms with Crippen LogP contribution < -0.4 is 9.64 Å². The number of benzene rings is 2. The normalized spacial score (nSPS) is 18.0. The van der Waals surface area contributed by atoms with Gasteiger partial charge in [0.15, 0.2) is 11.0 Å². The van der Waals surface area contributed by atoms with Crippen molar-refractivity contribution < 1.29 is 9.13 Å². The van der Waals surface area contributed by atoms with E-state index in [1.54, 1.807) is 31.0 Å². The summed E-state index contributed by atoms with van der Waals surface area (Å²) in [5, 5.41) is 9.37. The molecular formula is C28H36FN5OS. The Bertz CT molecular complexity index is 1150. The number of methoxy groups -OCH3 is 1. The highest BCUT2D eigenvalue weighted by Gasteiger charge is 2.37. The summed E-state index contributed by atoms with van der Waals surface area (Å²) in [5.41, 5.74) is 2.23. The first-order valence-electron chi connectivity index (χ1n) is 13.0. The van der Waals surface area contributed by atoms with Gasteiger partial charge in [0.1, 0.15) is 11.6 Å². The average molecular weight is 510 g/mol. The van der Waals surface area contributed by atoms with Crippen molar-refractivity contribution in [2.45, 2.75) is 37.3 Å². The zero-order valence-corrected chi connectivity index (χ0v) is 22.1. The Morgan fingerprint density at radius 1 is 0.944 bits per heavy atom. The first kappa shape index (κ1) is 25.1. The molecule has 0 N–H and O–H groups in total. The number of para-hydroxylation sites is 2. The van der Waals surface area contributed by atoms with Crippen LogP contribution in [-0.2, 0) is 7.05 Å². The maximum atomic E-state index is 14.1. The molecule has 1 aromatic heterocycles. The number of ether oxygens (including phenoxy) is 1.